The fraction of sp³-hybridized carbons (Fsp3) is 0.167. The summed E-state index contributed by atoms with van der Waals surface area (Å²) in [6, 6.07) is 5.80. The Balaban J connectivity index is 2.02. The summed E-state index contributed by atoms with van der Waals surface area (Å²) in [6.45, 7) is 1.93. The Kier molecular flexibility index (Phi) is 3.07. The highest BCUT2D eigenvalue weighted by molar-refractivity contribution is 7.71. The number of nitrogens with zero attached hydrogens (tertiary/aromatic N) is 5. The van der Waals surface area contributed by atoms with Crippen LogP contribution >= 0.6 is 12.2 Å². The highest BCUT2D eigenvalue weighted by atomic mass is 32.1. The van der Waals surface area contributed by atoms with E-state index >= 15 is 0 Å². The molecule has 0 aliphatic carbocycles. The minimum absolute atomic E-state index is 0.422. The number of aromatic amines is 2. The largest absolute Gasteiger partial charge is 0.350 e. The normalized spacial score (nSPS) is 11.5. The fourth-order valence-corrected chi connectivity index (χ4v) is 2.00. The molecule has 0 fully saturated rings. The summed E-state index contributed by atoms with van der Waals surface area (Å²) in [5.74, 6) is 0.574. The monoisotopic (exact) mass is 287 g/mol. The zero-order chi connectivity index (χ0) is 14.1. The van der Waals surface area contributed by atoms with Crippen LogP contribution in [0.15, 0.2) is 29.5 Å². The summed E-state index contributed by atoms with van der Waals surface area (Å²) in [5.41, 5.74) is 2.61. The fourth-order valence-electron chi connectivity index (χ4n) is 1.82. The Morgan fingerprint density at radius 3 is 2.85 bits per heavy atom. The molecule has 0 radical (unpaired) electrons. The lowest BCUT2D eigenvalue weighted by atomic mass is 10.3. The van der Waals surface area contributed by atoms with E-state index in [2.05, 4.69) is 25.5 Å². The second-order valence-corrected chi connectivity index (χ2v) is 4.78. The molecule has 102 valence electrons. The van der Waals surface area contributed by atoms with Gasteiger partial charge in [0.2, 0.25) is 10.6 Å². The SMILES string of the molecule is Cc1cc(-c2n[nH]c(=S)n2/N=C/c2cccn2C)n[nH]1. The van der Waals surface area contributed by atoms with Crippen LogP contribution in [0, 0.1) is 11.7 Å². The molecule has 8 heteroatoms. The van der Waals surface area contributed by atoms with Crippen molar-refractivity contribution in [1.82, 2.24) is 29.6 Å². The first-order valence-electron chi connectivity index (χ1n) is 6.00. The third-order valence-electron chi connectivity index (χ3n) is 2.87. The molecule has 0 aromatic carbocycles. The van der Waals surface area contributed by atoms with Crippen molar-refractivity contribution in [3.05, 3.63) is 40.6 Å². The number of hydrogen-bond donors (Lipinski definition) is 2. The van der Waals surface area contributed by atoms with E-state index < -0.39 is 0 Å². The molecular formula is C12H13N7S. The van der Waals surface area contributed by atoms with Crippen molar-refractivity contribution >= 4 is 18.4 Å². The Morgan fingerprint density at radius 1 is 1.35 bits per heavy atom. The number of aromatic nitrogens is 6. The number of nitrogens with one attached hydrogen (secondary N) is 2. The van der Waals surface area contributed by atoms with Gasteiger partial charge in [-0.25, -0.2) is 5.10 Å². The molecule has 3 heterocycles. The molecule has 0 bridgehead atoms. The van der Waals surface area contributed by atoms with Crippen LogP contribution in [-0.2, 0) is 7.05 Å². The second-order valence-electron chi connectivity index (χ2n) is 4.39. The summed E-state index contributed by atoms with van der Waals surface area (Å²) in [7, 11) is 1.95. The average molecular weight is 287 g/mol. The molecule has 2 N–H and O–H groups in total. The van der Waals surface area contributed by atoms with Gasteiger partial charge in [-0.3, -0.25) is 5.10 Å². The smallest absolute Gasteiger partial charge is 0.216 e. The maximum Gasteiger partial charge on any atom is 0.216 e. The Hall–Kier alpha value is -2.48. The molecule has 3 aromatic rings. The summed E-state index contributed by atoms with van der Waals surface area (Å²) < 4.78 is 3.94. The molecule has 0 aliphatic rings. The van der Waals surface area contributed by atoms with Crippen LogP contribution in [0.4, 0.5) is 0 Å². The van der Waals surface area contributed by atoms with Crippen molar-refractivity contribution in [2.45, 2.75) is 6.92 Å². The van der Waals surface area contributed by atoms with Gasteiger partial charge in [0, 0.05) is 18.9 Å². The minimum Gasteiger partial charge on any atom is -0.350 e. The molecule has 7 nitrogen and oxygen atoms in total. The molecule has 0 saturated heterocycles. The zero-order valence-corrected chi connectivity index (χ0v) is 11.8. The van der Waals surface area contributed by atoms with Gasteiger partial charge in [-0.2, -0.15) is 20.0 Å². The van der Waals surface area contributed by atoms with Crippen LogP contribution in [0.1, 0.15) is 11.4 Å². The molecule has 0 aliphatic heterocycles. The number of aryl methyl sites for hydroxylation is 2. The maximum atomic E-state index is 5.19. The van der Waals surface area contributed by atoms with Crippen LogP contribution in [0.3, 0.4) is 0 Å². The summed E-state index contributed by atoms with van der Waals surface area (Å²) in [4.78, 5) is 0. The third kappa shape index (κ3) is 2.21. The van der Waals surface area contributed by atoms with E-state index in [1.54, 1.807) is 10.9 Å². The Morgan fingerprint density at radius 2 is 2.20 bits per heavy atom. The molecule has 0 unspecified atom stereocenters. The van der Waals surface area contributed by atoms with Crippen molar-refractivity contribution in [2.75, 3.05) is 0 Å². The Bertz CT molecular complexity index is 817. The Labute approximate surface area is 120 Å². The van der Waals surface area contributed by atoms with Gasteiger partial charge in [-0.05, 0) is 37.3 Å². The predicted octanol–water partition coefficient (Wildman–Crippen LogP) is 1.86. The molecule has 20 heavy (non-hydrogen) atoms. The van der Waals surface area contributed by atoms with E-state index in [0.717, 1.165) is 11.4 Å². The van der Waals surface area contributed by atoms with Gasteiger partial charge in [-0.15, -0.1) is 0 Å². The van der Waals surface area contributed by atoms with Crippen LogP contribution in [0.2, 0.25) is 0 Å². The molecule has 0 spiro atoms. The van der Waals surface area contributed by atoms with Crippen molar-refractivity contribution < 1.29 is 0 Å². The lowest BCUT2D eigenvalue weighted by Crippen LogP contribution is -1.98. The van der Waals surface area contributed by atoms with Gasteiger partial charge in [0.15, 0.2) is 0 Å². The van der Waals surface area contributed by atoms with E-state index in [9.17, 15) is 0 Å². The molecule has 0 saturated carbocycles. The van der Waals surface area contributed by atoms with Crippen molar-refractivity contribution in [2.24, 2.45) is 12.1 Å². The van der Waals surface area contributed by atoms with Gasteiger partial charge in [-0.1, -0.05) is 0 Å². The predicted molar refractivity (Wildman–Crippen MR) is 78.1 cm³/mol. The van der Waals surface area contributed by atoms with Gasteiger partial charge < -0.3 is 4.57 Å². The molecular weight excluding hydrogens is 274 g/mol. The van der Waals surface area contributed by atoms with E-state index in [1.807, 2.05) is 42.9 Å². The molecule has 0 amide bonds. The van der Waals surface area contributed by atoms with Crippen LogP contribution in [-0.4, -0.2) is 35.9 Å². The summed E-state index contributed by atoms with van der Waals surface area (Å²) in [5, 5.41) is 18.3. The summed E-state index contributed by atoms with van der Waals surface area (Å²) in [6.07, 6.45) is 3.68. The quantitative estimate of drug-likeness (QED) is 0.570. The second kappa shape index (κ2) is 4.89. The molecule has 3 rings (SSSR count). The van der Waals surface area contributed by atoms with E-state index in [-0.39, 0.29) is 0 Å². The van der Waals surface area contributed by atoms with Crippen LogP contribution in [0.5, 0.6) is 0 Å². The van der Waals surface area contributed by atoms with Gasteiger partial charge in [0.25, 0.3) is 0 Å². The van der Waals surface area contributed by atoms with Gasteiger partial charge in [0.05, 0.1) is 11.9 Å². The lowest BCUT2D eigenvalue weighted by Gasteiger charge is -1.98. The van der Waals surface area contributed by atoms with E-state index in [0.29, 0.717) is 16.3 Å². The van der Waals surface area contributed by atoms with Crippen molar-refractivity contribution in [3.63, 3.8) is 0 Å². The summed E-state index contributed by atoms with van der Waals surface area (Å²) >= 11 is 5.19. The minimum atomic E-state index is 0.422. The average Bonchev–Trinajstić information content (AvgIpc) is 3.09. The van der Waals surface area contributed by atoms with Crippen LogP contribution in [0.25, 0.3) is 11.5 Å². The molecule has 0 atom stereocenters. The van der Waals surface area contributed by atoms with Crippen LogP contribution < -0.4 is 0 Å². The van der Waals surface area contributed by atoms with E-state index in [1.165, 1.54) is 0 Å². The number of hydrogen-bond acceptors (Lipinski definition) is 4. The number of H-pyrrole nitrogens is 2. The third-order valence-corrected chi connectivity index (χ3v) is 3.14. The van der Waals surface area contributed by atoms with Gasteiger partial charge in [0.1, 0.15) is 5.69 Å². The van der Waals surface area contributed by atoms with Gasteiger partial charge >= 0.3 is 0 Å². The first-order valence-corrected chi connectivity index (χ1v) is 6.41. The standard InChI is InChI=1S/C12H13N7S/c1-8-6-10(15-14-8)11-16-17-12(20)19(11)13-7-9-4-3-5-18(9)2/h3-7H,1-2H3,(H,14,15)(H,17,20)/b13-7+. The first kappa shape index (κ1) is 12.5. The number of rotatable bonds is 3. The van der Waals surface area contributed by atoms with Crippen molar-refractivity contribution in [3.8, 4) is 11.5 Å². The highest BCUT2D eigenvalue weighted by Crippen LogP contribution is 2.15. The topological polar surface area (TPSA) is 79.6 Å². The van der Waals surface area contributed by atoms with Crippen molar-refractivity contribution in [1.29, 1.82) is 0 Å². The zero-order valence-electron chi connectivity index (χ0n) is 11.0. The maximum absolute atomic E-state index is 5.19. The first-order chi connectivity index (χ1) is 9.65. The van der Waals surface area contributed by atoms with E-state index in [4.69, 9.17) is 12.2 Å². The lowest BCUT2D eigenvalue weighted by molar-refractivity contribution is 0.857. The molecule has 3 aromatic heterocycles. The highest BCUT2D eigenvalue weighted by Gasteiger charge is 2.11.